The Morgan fingerprint density at radius 3 is 2.71 bits per heavy atom. The van der Waals surface area contributed by atoms with Gasteiger partial charge in [0.2, 0.25) is 0 Å². The van der Waals surface area contributed by atoms with Gasteiger partial charge in [-0.3, -0.25) is 9.89 Å². The highest BCUT2D eigenvalue weighted by Crippen LogP contribution is 2.10. The fraction of sp³-hybridized carbons (Fsp3) is 0. The highest BCUT2D eigenvalue weighted by Gasteiger charge is 2.16. The summed E-state index contributed by atoms with van der Waals surface area (Å²) >= 11 is 0. The number of pyridine rings is 1. The average molecular weight is 281 g/mol. The van der Waals surface area contributed by atoms with Gasteiger partial charge in [0.15, 0.2) is 16.6 Å². The molecule has 21 heavy (non-hydrogen) atoms. The standard InChI is InChI=1S/C15H11N3O3/c19-12-8-11(7-6-10-4-2-1-3-5-10)18-14(16-9-17-18)13(12)15(20)21/h1-9H,(H,16,17)(H,20,21). The molecule has 6 nitrogen and oxygen atoms in total. The summed E-state index contributed by atoms with van der Waals surface area (Å²) in [6.07, 6.45) is 4.91. The molecule has 0 spiro atoms. The van der Waals surface area contributed by atoms with Crippen molar-refractivity contribution in [2.45, 2.75) is 0 Å². The number of nitrogens with one attached hydrogen (secondary N) is 1. The third kappa shape index (κ3) is 2.34. The van der Waals surface area contributed by atoms with Crippen molar-refractivity contribution in [1.82, 2.24) is 14.6 Å². The van der Waals surface area contributed by atoms with E-state index in [-0.39, 0.29) is 11.2 Å². The smallest absolute Gasteiger partial charge is 0.343 e. The number of rotatable bonds is 3. The summed E-state index contributed by atoms with van der Waals surface area (Å²) in [5, 5.41) is 11.9. The van der Waals surface area contributed by atoms with Crippen LogP contribution < -0.4 is 5.43 Å². The molecular formula is C15H11N3O3. The zero-order valence-electron chi connectivity index (χ0n) is 10.9. The Bertz CT molecular complexity index is 891. The van der Waals surface area contributed by atoms with Gasteiger partial charge >= 0.3 is 5.97 Å². The van der Waals surface area contributed by atoms with E-state index in [0.717, 1.165) is 5.56 Å². The van der Waals surface area contributed by atoms with Crippen molar-refractivity contribution in [1.29, 1.82) is 0 Å². The van der Waals surface area contributed by atoms with E-state index < -0.39 is 11.4 Å². The molecule has 2 N–H and O–H groups in total. The highest BCUT2D eigenvalue weighted by atomic mass is 16.4. The predicted molar refractivity (Wildman–Crippen MR) is 78.1 cm³/mol. The number of nitrogens with zero attached hydrogens (tertiary/aromatic N) is 2. The third-order valence-electron chi connectivity index (χ3n) is 3.05. The van der Waals surface area contributed by atoms with Crippen molar-refractivity contribution in [3.05, 3.63) is 69.8 Å². The molecule has 0 bridgehead atoms. The molecule has 0 saturated carbocycles. The van der Waals surface area contributed by atoms with Crippen LogP contribution in [0.2, 0.25) is 0 Å². The molecule has 0 radical (unpaired) electrons. The minimum Gasteiger partial charge on any atom is -0.477 e. The van der Waals surface area contributed by atoms with Gasteiger partial charge in [0, 0.05) is 6.07 Å². The first-order valence-corrected chi connectivity index (χ1v) is 6.22. The van der Waals surface area contributed by atoms with Crippen LogP contribution in [0.5, 0.6) is 0 Å². The molecule has 6 heteroatoms. The van der Waals surface area contributed by atoms with Crippen LogP contribution >= 0.6 is 0 Å². The molecule has 0 aliphatic carbocycles. The summed E-state index contributed by atoms with van der Waals surface area (Å²) in [6, 6.07) is 10.9. The third-order valence-corrected chi connectivity index (χ3v) is 3.05. The van der Waals surface area contributed by atoms with Crippen LogP contribution in [0.1, 0.15) is 21.6 Å². The SMILES string of the molecule is O=C(O)c1c(=O)cc(C=Cc2ccccc2)n2[nH]cnc12. The van der Waals surface area contributed by atoms with Gasteiger partial charge in [-0.25, -0.2) is 14.3 Å². The molecular weight excluding hydrogens is 270 g/mol. The number of H-pyrrole nitrogens is 1. The summed E-state index contributed by atoms with van der Waals surface area (Å²) in [5.74, 6) is -1.29. The number of aromatic amines is 1. The number of benzene rings is 1. The Labute approximate surface area is 119 Å². The molecule has 3 aromatic rings. The maximum Gasteiger partial charge on any atom is 0.343 e. The minimum atomic E-state index is -1.29. The normalized spacial score (nSPS) is 11.2. The molecule has 0 saturated heterocycles. The molecule has 0 amide bonds. The lowest BCUT2D eigenvalue weighted by Crippen LogP contribution is -2.17. The highest BCUT2D eigenvalue weighted by molar-refractivity contribution is 5.94. The van der Waals surface area contributed by atoms with Crippen LogP contribution in [-0.4, -0.2) is 25.7 Å². The van der Waals surface area contributed by atoms with Gasteiger partial charge in [-0.2, -0.15) is 0 Å². The fourth-order valence-electron chi connectivity index (χ4n) is 2.09. The van der Waals surface area contributed by atoms with E-state index in [0.29, 0.717) is 5.69 Å². The average Bonchev–Trinajstić information content (AvgIpc) is 2.94. The monoisotopic (exact) mass is 281 g/mol. The summed E-state index contributed by atoms with van der Waals surface area (Å²) in [4.78, 5) is 27.0. The zero-order chi connectivity index (χ0) is 14.8. The number of hydrogen-bond donors (Lipinski definition) is 2. The predicted octanol–water partition coefficient (Wildman–Crippen LogP) is 1.89. The minimum absolute atomic E-state index is 0.0997. The van der Waals surface area contributed by atoms with E-state index >= 15 is 0 Å². The van der Waals surface area contributed by atoms with Crippen LogP contribution in [0.3, 0.4) is 0 Å². The first kappa shape index (κ1) is 12.9. The van der Waals surface area contributed by atoms with Crippen LogP contribution in [0.25, 0.3) is 17.8 Å². The van der Waals surface area contributed by atoms with Gasteiger partial charge in [0.25, 0.3) is 0 Å². The van der Waals surface area contributed by atoms with E-state index in [4.69, 9.17) is 5.11 Å². The van der Waals surface area contributed by atoms with Crippen LogP contribution in [0.15, 0.2) is 47.5 Å². The summed E-state index contributed by atoms with van der Waals surface area (Å²) in [5.41, 5.74) is 0.694. The molecule has 2 aromatic heterocycles. The van der Waals surface area contributed by atoms with E-state index in [1.165, 1.54) is 16.9 Å². The Balaban J connectivity index is 2.15. The van der Waals surface area contributed by atoms with Crippen LogP contribution in [-0.2, 0) is 0 Å². The Hall–Kier alpha value is -3.15. The first-order chi connectivity index (χ1) is 10.2. The zero-order valence-corrected chi connectivity index (χ0v) is 10.9. The van der Waals surface area contributed by atoms with Crippen molar-refractivity contribution in [2.75, 3.05) is 0 Å². The van der Waals surface area contributed by atoms with Gasteiger partial charge in [-0.05, 0) is 11.6 Å². The number of carboxylic acid groups (broad SMARTS) is 1. The largest absolute Gasteiger partial charge is 0.477 e. The lowest BCUT2D eigenvalue weighted by Gasteiger charge is -2.02. The molecule has 0 aliphatic heterocycles. The van der Waals surface area contributed by atoms with E-state index in [1.807, 2.05) is 36.4 Å². The Kier molecular flexibility index (Phi) is 3.12. The fourth-order valence-corrected chi connectivity index (χ4v) is 2.09. The van der Waals surface area contributed by atoms with Gasteiger partial charge in [-0.1, -0.05) is 36.4 Å². The lowest BCUT2D eigenvalue weighted by molar-refractivity contribution is 0.0697. The van der Waals surface area contributed by atoms with Crippen molar-refractivity contribution >= 4 is 23.8 Å². The molecule has 3 rings (SSSR count). The van der Waals surface area contributed by atoms with Gasteiger partial charge < -0.3 is 5.11 Å². The van der Waals surface area contributed by atoms with Crippen molar-refractivity contribution in [2.24, 2.45) is 0 Å². The van der Waals surface area contributed by atoms with E-state index in [1.54, 1.807) is 6.08 Å². The van der Waals surface area contributed by atoms with Crippen molar-refractivity contribution in [3.8, 4) is 0 Å². The quantitative estimate of drug-likeness (QED) is 0.767. The Morgan fingerprint density at radius 1 is 1.24 bits per heavy atom. The van der Waals surface area contributed by atoms with Crippen LogP contribution in [0.4, 0.5) is 0 Å². The number of aromatic carboxylic acids is 1. The second-order valence-corrected chi connectivity index (χ2v) is 4.40. The molecule has 2 heterocycles. The second kappa shape index (κ2) is 5.09. The van der Waals surface area contributed by atoms with Gasteiger partial charge in [-0.15, -0.1) is 0 Å². The first-order valence-electron chi connectivity index (χ1n) is 6.22. The Morgan fingerprint density at radius 2 is 2.00 bits per heavy atom. The van der Waals surface area contributed by atoms with E-state index in [2.05, 4.69) is 10.1 Å². The summed E-state index contributed by atoms with van der Waals surface area (Å²) < 4.78 is 1.46. The topological polar surface area (TPSA) is 87.5 Å². The molecule has 0 fully saturated rings. The molecule has 1 aromatic carbocycles. The maximum absolute atomic E-state index is 11.9. The second-order valence-electron chi connectivity index (χ2n) is 4.40. The molecule has 0 atom stereocenters. The molecule has 0 aliphatic rings. The van der Waals surface area contributed by atoms with Crippen molar-refractivity contribution < 1.29 is 9.90 Å². The van der Waals surface area contributed by atoms with Crippen LogP contribution in [0, 0.1) is 0 Å². The summed E-state index contributed by atoms with van der Waals surface area (Å²) in [7, 11) is 0. The number of aromatic nitrogens is 3. The number of fused-ring (bicyclic) bond motifs is 1. The lowest BCUT2D eigenvalue weighted by atomic mass is 10.2. The number of hydrogen-bond acceptors (Lipinski definition) is 3. The summed E-state index contributed by atoms with van der Waals surface area (Å²) in [6.45, 7) is 0. The van der Waals surface area contributed by atoms with Crippen molar-refractivity contribution in [3.63, 3.8) is 0 Å². The molecule has 0 unspecified atom stereocenters. The maximum atomic E-state index is 11.9. The van der Waals surface area contributed by atoms with Gasteiger partial charge in [0.05, 0.1) is 5.69 Å². The number of carboxylic acids is 1. The van der Waals surface area contributed by atoms with Gasteiger partial charge in [0.1, 0.15) is 6.33 Å². The molecule has 104 valence electrons. The van der Waals surface area contributed by atoms with E-state index in [9.17, 15) is 9.59 Å². The number of carbonyl (C=O) groups is 1.